The maximum Gasteiger partial charge on any atom is 0.194 e. The van der Waals surface area contributed by atoms with Crippen molar-refractivity contribution in [1.29, 1.82) is 0 Å². The second kappa shape index (κ2) is 10.5. The molecule has 0 spiro atoms. The summed E-state index contributed by atoms with van der Waals surface area (Å²) < 4.78 is 4.92. The molecule has 7 nitrogen and oxygen atoms in total. The molecule has 1 aliphatic heterocycles. The van der Waals surface area contributed by atoms with Crippen molar-refractivity contribution in [3.05, 3.63) is 18.0 Å². The van der Waals surface area contributed by atoms with Crippen molar-refractivity contribution >= 4 is 5.96 Å². The molecule has 2 heterocycles. The van der Waals surface area contributed by atoms with Gasteiger partial charge in [-0.15, -0.1) is 0 Å². The number of guanidine groups is 1. The van der Waals surface area contributed by atoms with E-state index in [1.54, 1.807) is 6.26 Å². The topological polar surface area (TPSA) is 77.1 Å². The first-order chi connectivity index (χ1) is 12.7. The maximum absolute atomic E-state index is 9.42. The van der Waals surface area contributed by atoms with Crippen LogP contribution in [0.4, 0.5) is 0 Å². The van der Waals surface area contributed by atoms with Gasteiger partial charge in [-0.3, -0.25) is 9.89 Å². The first-order valence-electron chi connectivity index (χ1n) is 9.92. The summed E-state index contributed by atoms with van der Waals surface area (Å²) in [5, 5.41) is 16.9. The van der Waals surface area contributed by atoms with Gasteiger partial charge in [0.05, 0.1) is 5.69 Å². The molecule has 148 valence electrons. The molecular weight excluding hydrogens is 330 g/mol. The molecule has 0 saturated carbocycles. The number of aliphatic hydroxyl groups is 1. The number of hydrogen-bond acceptors (Lipinski definition) is 5. The number of rotatable bonds is 9. The lowest BCUT2D eigenvalue weighted by atomic mass is 9.79. The van der Waals surface area contributed by atoms with Gasteiger partial charge in [0.2, 0.25) is 0 Å². The smallest absolute Gasteiger partial charge is 0.194 e. The second-order valence-corrected chi connectivity index (χ2v) is 7.10. The summed E-state index contributed by atoms with van der Waals surface area (Å²) in [6, 6.07) is 1.92. The number of nitrogens with one attached hydrogen (secondary N) is 1. The van der Waals surface area contributed by atoms with Crippen LogP contribution in [-0.2, 0) is 6.54 Å². The standard InChI is InChI=1S/C19H35N5O2/c1-4-19(5-2,8-13-25)16-21-18(20-6-3)24-11-9-23(10-12-24)15-17-7-14-26-22-17/h7,14,25H,4-6,8-13,15-16H2,1-3H3,(H,20,21). The molecule has 2 rings (SSSR count). The van der Waals surface area contributed by atoms with Gasteiger partial charge in [-0.1, -0.05) is 19.0 Å². The van der Waals surface area contributed by atoms with Crippen LogP contribution in [-0.4, -0.2) is 71.9 Å². The van der Waals surface area contributed by atoms with Gasteiger partial charge in [-0.25, -0.2) is 0 Å². The highest BCUT2D eigenvalue weighted by molar-refractivity contribution is 5.80. The summed E-state index contributed by atoms with van der Waals surface area (Å²) in [7, 11) is 0. The van der Waals surface area contributed by atoms with Gasteiger partial charge in [0, 0.05) is 58.5 Å². The predicted octanol–water partition coefficient (Wildman–Crippen LogP) is 1.95. The molecule has 0 aromatic carbocycles. The SMILES string of the molecule is CCNC(=NCC(CC)(CC)CCO)N1CCN(Cc2ccon2)CC1. The van der Waals surface area contributed by atoms with Crippen molar-refractivity contribution in [3.63, 3.8) is 0 Å². The Balaban J connectivity index is 1.94. The van der Waals surface area contributed by atoms with Crippen LogP contribution in [0.3, 0.4) is 0 Å². The van der Waals surface area contributed by atoms with Gasteiger partial charge in [0.1, 0.15) is 6.26 Å². The molecule has 0 atom stereocenters. The second-order valence-electron chi connectivity index (χ2n) is 7.10. The predicted molar refractivity (Wildman–Crippen MR) is 104 cm³/mol. The van der Waals surface area contributed by atoms with E-state index in [0.29, 0.717) is 0 Å². The van der Waals surface area contributed by atoms with E-state index in [2.05, 4.69) is 41.0 Å². The highest BCUT2D eigenvalue weighted by Crippen LogP contribution is 2.30. The summed E-state index contributed by atoms with van der Waals surface area (Å²) >= 11 is 0. The minimum atomic E-state index is 0.101. The van der Waals surface area contributed by atoms with Crippen molar-refractivity contribution in [3.8, 4) is 0 Å². The molecule has 1 aromatic rings. The third-order valence-electron chi connectivity index (χ3n) is 5.59. The number of aliphatic imine (C=N–C) groups is 1. The lowest BCUT2D eigenvalue weighted by Crippen LogP contribution is -2.52. The molecule has 1 aromatic heterocycles. The molecule has 0 bridgehead atoms. The van der Waals surface area contributed by atoms with Gasteiger partial charge in [0.25, 0.3) is 0 Å². The van der Waals surface area contributed by atoms with E-state index in [-0.39, 0.29) is 12.0 Å². The lowest BCUT2D eigenvalue weighted by molar-refractivity contribution is 0.164. The molecule has 1 saturated heterocycles. The highest BCUT2D eigenvalue weighted by atomic mass is 16.5. The number of piperazine rings is 1. The van der Waals surface area contributed by atoms with E-state index in [0.717, 1.165) is 76.7 Å². The maximum atomic E-state index is 9.42. The van der Waals surface area contributed by atoms with Crippen molar-refractivity contribution in [2.75, 3.05) is 45.9 Å². The van der Waals surface area contributed by atoms with Gasteiger partial charge in [0.15, 0.2) is 5.96 Å². The van der Waals surface area contributed by atoms with E-state index in [9.17, 15) is 5.11 Å². The third-order valence-corrected chi connectivity index (χ3v) is 5.59. The molecule has 26 heavy (non-hydrogen) atoms. The largest absolute Gasteiger partial charge is 0.396 e. The first kappa shape index (κ1) is 20.7. The van der Waals surface area contributed by atoms with E-state index in [4.69, 9.17) is 9.52 Å². The summed E-state index contributed by atoms with van der Waals surface area (Å²) in [5.41, 5.74) is 1.09. The Morgan fingerprint density at radius 2 is 2.00 bits per heavy atom. The summed E-state index contributed by atoms with van der Waals surface area (Å²) in [5.74, 6) is 0.998. The molecule has 0 amide bonds. The zero-order chi connectivity index (χ0) is 18.8. The van der Waals surface area contributed by atoms with Gasteiger partial charge < -0.3 is 19.8 Å². The first-order valence-corrected chi connectivity index (χ1v) is 9.92. The van der Waals surface area contributed by atoms with Crippen molar-refractivity contribution in [2.24, 2.45) is 10.4 Å². The van der Waals surface area contributed by atoms with E-state index >= 15 is 0 Å². The van der Waals surface area contributed by atoms with Crippen LogP contribution in [0.1, 0.15) is 45.7 Å². The van der Waals surface area contributed by atoms with Crippen LogP contribution >= 0.6 is 0 Å². The molecule has 2 N–H and O–H groups in total. The average molecular weight is 366 g/mol. The summed E-state index contributed by atoms with van der Waals surface area (Å²) in [4.78, 5) is 9.69. The Hall–Kier alpha value is -1.60. The number of aromatic nitrogens is 1. The van der Waals surface area contributed by atoms with Crippen LogP contribution in [0.2, 0.25) is 0 Å². The molecule has 7 heteroatoms. The van der Waals surface area contributed by atoms with Gasteiger partial charge >= 0.3 is 0 Å². The Labute approximate surface area is 157 Å². The third kappa shape index (κ3) is 5.71. The molecule has 0 unspecified atom stereocenters. The van der Waals surface area contributed by atoms with Crippen LogP contribution in [0, 0.1) is 5.41 Å². The molecule has 1 fully saturated rings. The Morgan fingerprint density at radius 3 is 2.54 bits per heavy atom. The van der Waals surface area contributed by atoms with Crippen LogP contribution in [0.5, 0.6) is 0 Å². The molecule has 0 aliphatic carbocycles. The van der Waals surface area contributed by atoms with Crippen LogP contribution < -0.4 is 5.32 Å². The van der Waals surface area contributed by atoms with E-state index < -0.39 is 0 Å². The highest BCUT2D eigenvalue weighted by Gasteiger charge is 2.26. The molecule has 1 aliphatic rings. The zero-order valence-corrected chi connectivity index (χ0v) is 16.6. The van der Waals surface area contributed by atoms with Crippen molar-refractivity contribution in [1.82, 2.24) is 20.3 Å². The molecular formula is C19H35N5O2. The monoisotopic (exact) mass is 365 g/mol. The summed E-state index contributed by atoms with van der Waals surface area (Å²) in [6.07, 6.45) is 4.52. The zero-order valence-electron chi connectivity index (χ0n) is 16.6. The Bertz CT molecular complexity index is 520. The fourth-order valence-electron chi connectivity index (χ4n) is 3.48. The fraction of sp³-hybridized carbons (Fsp3) is 0.789. The van der Waals surface area contributed by atoms with E-state index in [1.807, 2.05) is 6.07 Å². The summed E-state index contributed by atoms with van der Waals surface area (Å²) in [6.45, 7) is 13.1. The molecule has 0 radical (unpaired) electrons. The Kier molecular flexibility index (Phi) is 8.38. The minimum absolute atomic E-state index is 0.101. The van der Waals surface area contributed by atoms with Crippen LogP contribution in [0.25, 0.3) is 0 Å². The minimum Gasteiger partial charge on any atom is -0.396 e. The lowest BCUT2D eigenvalue weighted by Gasteiger charge is -2.37. The Morgan fingerprint density at radius 1 is 1.27 bits per heavy atom. The quantitative estimate of drug-likeness (QED) is 0.514. The average Bonchev–Trinajstić information content (AvgIpc) is 3.18. The van der Waals surface area contributed by atoms with Gasteiger partial charge in [-0.05, 0) is 31.6 Å². The van der Waals surface area contributed by atoms with Crippen molar-refractivity contribution in [2.45, 2.75) is 46.6 Å². The fourth-order valence-corrected chi connectivity index (χ4v) is 3.48. The van der Waals surface area contributed by atoms with Gasteiger partial charge in [-0.2, -0.15) is 0 Å². The number of nitrogens with zero attached hydrogens (tertiary/aromatic N) is 4. The number of aliphatic hydroxyl groups excluding tert-OH is 1. The number of hydrogen-bond donors (Lipinski definition) is 2. The van der Waals surface area contributed by atoms with E-state index in [1.165, 1.54) is 0 Å². The normalized spacial score (nSPS) is 16.9. The van der Waals surface area contributed by atoms with Crippen LogP contribution in [0.15, 0.2) is 21.8 Å². The van der Waals surface area contributed by atoms with Crippen molar-refractivity contribution < 1.29 is 9.63 Å².